The molecule has 29 heavy (non-hydrogen) atoms. The lowest BCUT2D eigenvalue weighted by Crippen LogP contribution is -2.44. The number of aliphatic imine (C=N–C) groups is 1. The number of benzene rings is 1. The molecule has 2 heterocycles. The number of hydrogen-bond acceptors (Lipinski definition) is 4. The number of aliphatic hydroxyl groups is 1. The number of anilines is 1. The van der Waals surface area contributed by atoms with Crippen molar-refractivity contribution in [2.45, 2.75) is 38.8 Å². The molecule has 0 saturated carbocycles. The van der Waals surface area contributed by atoms with Crippen LogP contribution >= 0.6 is 24.0 Å². The molecule has 0 radical (unpaired) electrons. The number of pyridine rings is 1. The van der Waals surface area contributed by atoms with Gasteiger partial charge in [-0.25, -0.2) is 9.98 Å². The fourth-order valence-electron chi connectivity index (χ4n) is 3.31. The maximum atomic E-state index is 10.8. The molecule has 1 aliphatic rings. The summed E-state index contributed by atoms with van der Waals surface area (Å²) in [6, 6.07) is 13.8. The first-order valence-corrected chi connectivity index (χ1v) is 10.1. The summed E-state index contributed by atoms with van der Waals surface area (Å²) in [7, 11) is 0. The van der Waals surface area contributed by atoms with Crippen molar-refractivity contribution in [2.24, 2.45) is 4.99 Å². The van der Waals surface area contributed by atoms with Gasteiger partial charge in [0.25, 0.3) is 0 Å². The number of aromatic nitrogens is 1. The Kier molecular flexibility index (Phi) is 9.16. The second-order valence-electron chi connectivity index (χ2n) is 7.41. The van der Waals surface area contributed by atoms with Gasteiger partial charge in [0.1, 0.15) is 11.4 Å². The third-order valence-corrected chi connectivity index (χ3v) is 5.00. The van der Waals surface area contributed by atoms with E-state index in [-0.39, 0.29) is 24.0 Å². The average molecular weight is 509 g/mol. The molecule has 158 valence electrons. The molecule has 1 saturated heterocycles. The minimum atomic E-state index is -0.976. The molecule has 1 fully saturated rings. The summed E-state index contributed by atoms with van der Waals surface area (Å²) in [5.41, 5.74) is 0.964. The van der Waals surface area contributed by atoms with E-state index in [0.29, 0.717) is 19.0 Å². The second-order valence-corrected chi connectivity index (χ2v) is 7.41. The Labute approximate surface area is 190 Å². The fraction of sp³-hybridized carbons (Fsp3) is 0.455. The Morgan fingerprint density at radius 3 is 2.48 bits per heavy atom. The van der Waals surface area contributed by atoms with Gasteiger partial charge < -0.3 is 20.6 Å². The molecule has 6 nitrogen and oxygen atoms in total. The van der Waals surface area contributed by atoms with E-state index in [2.05, 4.69) is 37.6 Å². The van der Waals surface area contributed by atoms with E-state index < -0.39 is 5.60 Å². The first kappa shape index (κ1) is 23.4. The van der Waals surface area contributed by atoms with Gasteiger partial charge in [-0.3, -0.25) is 0 Å². The third kappa shape index (κ3) is 6.85. The zero-order valence-electron chi connectivity index (χ0n) is 17.3. The third-order valence-electron chi connectivity index (χ3n) is 5.00. The summed E-state index contributed by atoms with van der Waals surface area (Å²) >= 11 is 0. The molecule has 0 spiro atoms. The molecule has 0 bridgehead atoms. The molecule has 2 aromatic rings. The monoisotopic (exact) mass is 509 g/mol. The molecule has 1 atom stereocenters. The molecule has 7 heteroatoms. The fourth-order valence-corrected chi connectivity index (χ4v) is 3.31. The molecule has 0 amide bonds. The highest BCUT2D eigenvalue weighted by atomic mass is 127. The van der Waals surface area contributed by atoms with Crippen molar-refractivity contribution < 1.29 is 5.11 Å². The number of halogens is 1. The average Bonchev–Trinajstić information content (AvgIpc) is 3.26. The van der Waals surface area contributed by atoms with Crippen LogP contribution in [0.5, 0.6) is 0 Å². The quantitative estimate of drug-likeness (QED) is 0.304. The maximum Gasteiger partial charge on any atom is 0.191 e. The lowest BCUT2D eigenvalue weighted by Gasteiger charge is -2.25. The van der Waals surface area contributed by atoms with Crippen molar-refractivity contribution >= 4 is 35.8 Å². The Morgan fingerprint density at radius 2 is 1.86 bits per heavy atom. The Hall–Kier alpha value is -1.87. The van der Waals surface area contributed by atoms with Gasteiger partial charge in [0, 0.05) is 25.8 Å². The summed E-state index contributed by atoms with van der Waals surface area (Å²) < 4.78 is 0. The largest absolute Gasteiger partial charge is 0.384 e. The van der Waals surface area contributed by atoms with Crippen LogP contribution < -0.4 is 15.5 Å². The van der Waals surface area contributed by atoms with Crippen LogP contribution in [0, 0.1) is 0 Å². The molecule has 1 unspecified atom stereocenters. The number of nitrogens with zero attached hydrogens (tertiary/aromatic N) is 3. The lowest BCUT2D eigenvalue weighted by atomic mass is 9.96. The van der Waals surface area contributed by atoms with Crippen LogP contribution in [0.25, 0.3) is 0 Å². The maximum absolute atomic E-state index is 10.8. The van der Waals surface area contributed by atoms with Gasteiger partial charge in [-0.05, 0) is 43.9 Å². The van der Waals surface area contributed by atoms with Gasteiger partial charge in [-0.2, -0.15) is 0 Å². The summed E-state index contributed by atoms with van der Waals surface area (Å²) in [4.78, 5) is 11.5. The highest BCUT2D eigenvalue weighted by molar-refractivity contribution is 14.0. The zero-order valence-corrected chi connectivity index (χ0v) is 19.6. The van der Waals surface area contributed by atoms with Crippen LogP contribution in [0.3, 0.4) is 0 Å². The molecular formula is C22H32IN5O. The molecule has 1 aliphatic heterocycles. The van der Waals surface area contributed by atoms with Crippen LogP contribution in [0.1, 0.15) is 37.8 Å². The summed E-state index contributed by atoms with van der Waals surface area (Å²) in [5, 5.41) is 17.2. The highest BCUT2D eigenvalue weighted by Gasteiger charge is 2.23. The van der Waals surface area contributed by atoms with Crippen molar-refractivity contribution in [3.8, 4) is 0 Å². The molecule has 3 rings (SSSR count). The highest BCUT2D eigenvalue weighted by Crippen LogP contribution is 2.19. The predicted molar refractivity (Wildman–Crippen MR) is 130 cm³/mol. The summed E-state index contributed by atoms with van der Waals surface area (Å²) in [6.07, 6.45) is 4.40. The number of hydrogen-bond donors (Lipinski definition) is 3. The van der Waals surface area contributed by atoms with Crippen molar-refractivity contribution in [3.63, 3.8) is 0 Å². The van der Waals surface area contributed by atoms with Gasteiger partial charge >= 0.3 is 0 Å². The van der Waals surface area contributed by atoms with Gasteiger partial charge in [0.05, 0.1) is 13.1 Å². The van der Waals surface area contributed by atoms with E-state index in [0.717, 1.165) is 36.6 Å². The van der Waals surface area contributed by atoms with Gasteiger partial charge in [0.2, 0.25) is 0 Å². The van der Waals surface area contributed by atoms with Crippen LogP contribution in [0.4, 0.5) is 5.82 Å². The molecule has 1 aromatic heterocycles. The standard InChI is InChI=1S/C22H31N5O.HI/c1-3-23-21(26-17-22(2,28)19-9-5-4-6-10-19)25-16-18-11-12-20(24-15-18)27-13-7-8-14-27;/h4-6,9-12,15,28H,3,7-8,13-14,16-17H2,1-2H3,(H2,23,25,26);1H. The van der Waals surface area contributed by atoms with E-state index in [9.17, 15) is 5.11 Å². The molecular weight excluding hydrogens is 477 g/mol. The van der Waals surface area contributed by atoms with Gasteiger partial charge in [-0.1, -0.05) is 36.4 Å². The molecule has 0 aliphatic carbocycles. The summed E-state index contributed by atoms with van der Waals surface area (Å²) in [5.74, 6) is 1.73. The van der Waals surface area contributed by atoms with Crippen molar-refractivity contribution in [1.29, 1.82) is 0 Å². The SMILES string of the molecule is CCNC(=NCc1ccc(N2CCCC2)nc1)NCC(C)(O)c1ccccc1.I. The van der Waals surface area contributed by atoms with Crippen molar-refractivity contribution in [2.75, 3.05) is 31.1 Å². The molecule has 3 N–H and O–H groups in total. The summed E-state index contributed by atoms with van der Waals surface area (Å²) in [6.45, 7) is 7.69. The minimum Gasteiger partial charge on any atom is -0.384 e. The lowest BCUT2D eigenvalue weighted by molar-refractivity contribution is 0.0617. The Morgan fingerprint density at radius 1 is 1.14 bits per heavy atom. The first-order valence-electron chi connectivity index (χ1n) is 10.1. The number of guanidine groups is 1. The van der Waals surface area contributed by atoms with Crippen LogP contribution in [0.15, 0.2) is 53.7 Å². The Bertz CT molecular complexity index is 759. The second kappa shape index (κ2) is 11.3. The van der Waals surface area contributed by atoms with Crippen LogP contribution in [0.2, 0.25) is 0 Å². The normalized spacial score (nSPS) is 16.1. The van der Waals surface area contributed by atoms with E-state index in [1.165, 1.54) is 12.8 Å². The van der Waals surface area contributed by atoms with E-state index in [4.69, 9.17) is 0 Å². The van der Waals surface area contributed by atoms with Crippen molar-refractivity contribution in [1.82, 2.24) is 15.6 Å². The first-order chi connectivity index (χ1) is 13.6. The predicted octanol–water partition coefficient (Wildman–Crippen LogP) is 3.26. The topological polar surface area (TPSA) is 72.8 Å². The van der Waals surface area contributed by atoms with E-state index in [1.54, 1.807) is 6.92 Å². The van der Waals surface area contributed by atoms with Crippen LogP contribution in [-0.4, -0.2) is 42.2 Å². The van der Waals surface area contributed by atoms with E-state index >= 15 is 0 Å². The number of nitrogens with one attached hydrogen (secondary N) is 2. The zero-order chi connectivity index (χ0) is 19.8. The Balaban J connectivity index is 0.00000300. The van der Waals surface area contributed by atoms with Gasteiger partial charge in [0.15, 0.2) is 5.96 Å². The molecule has 1 aromatic carbocycles. The van der Waals surface area contributed by atoms with Gasteiger partial charge in [-0.15, -0.1) is 24.0 Å². The van der Waals surface area contributed by atoms with E-state index in [1.807, 2.05) is 43.5 Å². The minimum absolute atomic E-state index is 0. The van der Waals surface area contributed by atoms with Crippen molar-refractivity contribution in [3.05, 3.63) is 59.8 Å². The van der Waals surface area contributed by atoms with Crippen LogP contribution in [-0.2, 0) is 12.1 Å². The smallest absolute Gasteiger partial charge is 0.191 e. The number of rotatable bonds is 7.